The number of carbonyl (C=O) groups is 1. The van der Waals surface area contributed by atoms with Crippen LogP contribution in [0.25, 0.3) is 0 Å². The minimum atomic E-state index is -6.71. The van der Waals surface area contributed by atoms with Gasteiger partial charge in [0.15, 0.2) is 0 Å². The SMILES string of the molecule is C=C(C(=O)OC(C(F)(F)F)C(F)(F)C(O)(CF)C(F)(F)F)C(F)(F)F. The maximum absolute atomic E-state index is 13.5. The van der Waals surface area contributed by atoms with Crippen LogP contribution in [0.1, 0.15) is 0 Å². The molecule has 15 heteroatoms. The van der Waals surface area contributed by atoms with Gasteiger partial charge in [0, 0.05) is 0 Å². The molecule has 0 heterocycles. The summed E-state index contributed by atoms with van der Waals surface area (Å²) in [5.74, 6) is -9.84. The molecule has 0 aliphatic carbocycles. The molecule has 0 spiro atoms. The lowest BCUT2D eigenvalue weighted by Gasteiger charge is -2.39. The van der Waals surface area contributed by atoms with Gasteiger partial charge < -0.3 is 9.84 Å². The summed E-state index contributed by atoms with van der Waals surface area (Å²) in [7, 11) is 0. The monoisotopic (exact) mass is 402 g/mol. The lowest BCUT2D eigenvalue weighted by atomic mass is 9.91. The first-order chi connectivity index (χ1) is 10.7. The van der Waals surface area contributed by atoms with E-state index in [9.17, 15) is 57.5 Å². The number of alkyl halides is 12. The normalized spacial score (nSPS) is 17.6. The van der Waals surface area contributed by atoms with Crippen molar-refractivity contribution in [3.63, 3.8) is 0 Å². The highest BCUT2D eigenvalue weighted by Gasteiger charge is 2.77. The van der Waals surface area contributed by atoms with Gasteiger partial charge in [0.1, 0.15) is 12.2 Å². The Hall–Kier alpha value is -1.67. The number of carbonyl (C=O) groups excluding carboxylic acids is 1. The summed E-state index contributed by atoms with van der Waals surface area (Å²) < 4.78 is 153. The molecule has 148 valence electrons. The molecule has 0 bridgehead atoms. The quantitative estimate of drug-likeness (QED) is 0.435. The molecule has 2 atom stereocenters. The van der Waals surface area contributed by atoms with Crippen LogP contribution >= 0.6 is 0 Å². The van der Waals surface area contributed by atoms with Gasteiger partial charge >= 0.3 is 30.4 Å². The molecule has 3 nitrogen and oxygen atoms in total. The summed E-state index contributed by atoms with van der Waals surface area (Å²) in [5, 5.41) is 8.64. The van der Waals surface area contributed by atoms with Crippen molar-refractivity contribution in [1.29, 1.82) is 0 Å². The molecule has 25 heavy (non-hydrogen) atoms. The van der Waals surface area contributed by atoms with E-state index in [-0.39, 0.29) is 0 Å². The van der Waals surface area contributed by atoms with Gasteiger partial charge in [0.2, 0.25) is 0 Å². The molecule has 0 rings (SSSR count). The van der Waals surface area contributed by atoms with Crippen LogP contribution in [0.15, 0.2) is 12.2 Å². The van der Waals surface area contributed by atoms with E-state index < -0.39 is 54.4 Å². The Morgan fingerprint density at radius 1 is 0.960 bits per heavy atom. The molecule has 0 radical (unpaired) electrons. The highest BCUT2D eigenvalue weighted by molar-refractivity contribution is 5.89. The van der Waals surface area contributed by atoms with Crippen molar-refractivity contribution in [3.05, 3.63) is 12.2 Å². The molecule has 0 amide bonds. The second-order valence-electron chi connectivity index (χ2n) is 4.42. The second-order valence-corrected chi connectivity index (χ2v) is 4.42. The average Bonchev–Trinajstić information content (AvgIpc) is 2.38. The molecule has 0 aromatic carbocycles. The summed E-state index contributed by atoms with van der Waals surface area (Å²) >= 11 is 0. The van der Waals surface area contributed by atoms with Crippen LogP contribution < -0.4 is 0 Å². The van der Waals surface area contributed by atoms with Crippen molar-refractivity contribution >= 4 is 5.97 Å². The number of hydrogen-bond donors (Lipinski definition) is 1. The van der Waals surface area contributed by atoms with E-state index in [1.54, 1.807) is 0 Å². The molecule has 0 saturated heterocycles. The first-order valence-electron chi connectivity index (χ1n) is 5.50. The van der Waals surface area contributed by atoms with Gasteiger partial charge in [-0.05, 0) is 0 Å². The summed E-state index contributed by atoms with van der Waals surface area (Å²) in [4.78, 5) is 10.8. The van der Waals surface area contributed by atoms with Gasteiger partial charge in [0.25, 0.3) is 11.7 Å². The second kappa shape index (κ2) is 6.57. The van der Waals surface area contributed by atoms with E-state index >= 15 is 0 Å². The van der Waals surface area contributed by atoms with Gasteiger partial charge in [-0.1, -0.05) is 6.58 Å². The Morgan fingerprint density at radius 3 is 1.60 bits per heavy atom. The summed E-state index contributed by atoms with van der Waals surface area (Å²) in [5.41, 5.74) is -8.76. The lowest BCUT2D eigenvalue weighted by molar-refractivity contribution is -0.379. The zero-order chi connectivity index (χ0) is 20.6. The molecule has 0 aromatic heterocycles. The molecule has 0 aliphatic heterocycles. The van der Waals surface area contributed by atoms with Crippen LogP contribution in [0.4, 0.5) is 52.7 Å². The van der Waals surface area contributed by atoms with E-state index in [2.05, 4.69) is 4.74 Å². The number of esters is 1. The summed E-state index contributed by atoms with van der Waals surface area (Å²) in [6.45, 7) is -1.62. The van der Waals surface area contributed by atoms with Crippen molar-refractivity contribution in [2.24, 2.45) is 0 Å². The van der Waals surface area contributed by atoms with Crippen molar-refractivity contribution in [2.45, 2.75) is 36.2 Å². The first-order valence-corrected chi connectivity index (χ1v) is 5.50. The third kappa shape index (κ3) is 4.49. The van der Waals surface area contributed by atoms with E-state index in [1.807, 2.05) is 6.58 Å². The molecule has 0 saturated carbocycles. The number of hydrogen-bond acceptors (Lipinski definition) is 3. The van der Waals surface area contributed by atoms with Gasteiger partial charge in [-0.15, -0.1) is 0 Å². The highest BCUT2D eigenvalue weighted by atomic mass is 19.4. The van der Waals surface area contributed by atoms with Crippen molar-refractivity contribution < 1.29 is 67.3 Å². The number of aliphatic hydroxyl groups is 1. The van der Waals surface area contributed by atoms with E-state index in [4.69, 9.17) is 5.11 Å². The molecule has 0 aromatic rings. The zero-order valence-electron chi connectivity index (χ0n) is 11.3. The predicted molar refractivity (Wildman–Crippen MR) is 53.1 cm³/mol. The Labute approximate surface area is 129 Å². The Balaban J connectivity index is 6.08. The minimum absolute atomic E-state index is 1.90. The fraction of sp³-hybridized carbons (Fsp3) is 0.700. The van der Waals surface area contributed by atoms with Crippen LogP contribution in [0.3, 0.4) is 0 Å². The van der Waals surface area contributed by atoms with Crippen LogP contribution in [-0.4, -0.2) is 53.9 Å². The molecule has 0 aliphatic rings. The zero-order valence-corrected chi connectivity index (χ0v) is 11.3. The number of halogens is 12. The smallest absolute Gasteiger partial charge is 0.431 e. The Kier molecular flexibility index (Phi) is 6.13. The maximum atomic E-state index is 13.5. The average molecular weight is 402 g/mol. The fourth-order valence-corrected chi connectivity index (χ4v) is 1.21. The van der Waals surface area contributed by atoms with Gasteiger partial charge in [-0.2, -0.15) is 48.3 Å². The number of rotatable bonds is 5. The van der Waals surface area contributed by atoms with Crippen LogP contribution in [-0.2, 0) is 9.53 Å². The van der Waals surface area contributed by atoms with Crippen molar-refractivity contribution in [1.82, 2.24) is 0 Å². The fourth-order valence-electron chi connectivity index (χ4n) is 1.21. The largest absolute Gasteiger partial charge is 0.442 e. The van der Waals surface area contributed by atoms with Crippen molar-refractivity contribution in [2.75, 3.05) is 6.67 Å². The molecule has 2 unspecified atom stereocenters. The van der Waals surface area contributed by atoms with Crippen LogP contribution in [0.5, 0.6) is 0 Å². The standard InChI is InChI=1S/C10H6F12O3/c1-3(8(14,15)16)4(23)25-5(9(17,18)19)7(12,13)6(24,2-11)10(20,21)22/h5,24H,1-2H2. The lowest BCUT2D eigenvalue weighted by Crippen LogP contribution is -2.68. The summed E-state index contributed by atoms with van der Waals surface area (Å²) in [6, 6.07) is 0. The highest BCUT2D eigenvalue weighted by Crippen LogP contribution is 2.49. The topological polar surface area (TPSA) is 46.5 Å². The van der Waals surface area contributed by atoms with E-state index in [1.165, 1.54) is 0 Å². The minimum Gasteiger partial charge on any atom is -0.442 e. The number of ether oxygens (including phenoxy) is 1. The Morgan fingerprint density at radius 2 is 1.36 bits per heavy atom. The van der Waals surface area contributed by atoms with E-state index in [0.717, 1.165) is 0 Å². The third-order valence-corrected chi connectivity index (χ3v) is 2.65. The molecule has 0 fully saturated rings. The van der Waals surface area contributed by atoms with E-state index in [0.29, 0.717) is 0 Å². The van der Waals surface area contributed by atoms with Gasteiger partial charge in [-0.3, -0.25) is 0 Å². The maximum Gasteiger partial charge on any atom is 0.431 e. The molecule has 1 N–H and O–H groups in total. The Bertz CT molecular complexity index is 517. The first kappa shape index (κ1) is 23.3. The van der Waals surface area contributed by atoms with Crippen LogP contribution in [0, 0.1) is 0 Å². The van der Waals surface area contributed by atoms with Crippen LogP contribution in [0.2, 0.25) is 0 Å². The molecular formula is C10H6F12O3. The third-order valence-electron chi connectivity index (χ3n) is 2.65. The summed E-state index contributed by atoms with van der Waals surface area (Å²) in [6.07, 6.45) is -24.3. The predicted octanol–water partition coefficient (Wildman–Crippen LogP) is 3.48. The van der Waals surface area contributed by atoms with Gasteiger partial charge in [0.05, 0.1) is 0 Å². The van der Waals surface area contributed by atoms with Gasteiger partial charge in [-0.25, -0.2) is 9.18 Å². The molecular weight excluding hydrogens is 396 g/mol. The van der Waals surface area contributed by atoms with Crippen molar-refractivity contribution in [3.8, 4) is 0 Å².